The number of rotatable bonds is 5. The van der Waals surface area contributed by atoms with Crippen LogP contribution in [-0.2, 0) is 11.2 Å². The van der Waals surface area contributed by atoms with Gasteiger partial charge in [-0.2, -0.15) is 0 Å². The van der Waals surface area contributed by atoms with Gasteiger partial charge in [-0.05, 0) is 47.0 Å². The van der Waals surface area contributed by atoms with Gasteiger partial charge in [0.05, 0.1) is 17.7 Å². The molecule has 0 bridgehead atoms. The van der Waals surface area contributed by atoms with E-state index >= 15 is 0 Å². The van der Waals surface area contributed by atoms with Crippen LogP contribution in [0.5, 0.6) is 0 Å². The molecule has 6 nitrogen and oxygen atoms in total. The minimum absolute atomic E-state index is 0.0108. The van der Waals surface area contributed by atoms with E-state index in [4.69, 9.17) is 0 Å². The van der Waals surface area contributed by atoms with Crippen LogP contribution in [0.2, 0.25) is 0 Å². The molecule has 1 aliphatic heterocycles. The molecule has 0 saturated heterocycles. The Labute approximate surface area is 172 Å². The van der Waals surface area contributed by atoms with Gasteiger partial charge in [0.25, 0.3) is 5.91 Å². The maximum atomic E-state index is 12.5. The van der Waals surface area contributed by atoms with E-state index in [0.29, 0.717) is 12.0 Å². The van der Waals surface area contributed by atoms with Gasteiger partial charge >= 0.3 is 5.97 Å². The van der Waals surface area contributed by atoms with Gasteiger partial charge in [0.15, 0.2) is 0 Å². The molecular weight excluding hydrogens is 380 g/mol. The molecule has 0 radical (unpaired) electrons. The van der Waals surface area contributed by atoms with E-state index in [-0.39, 0.29) is 23.1 Å². The number of fused-ring (bicyclic) bond motifs is 1. The summed E-state index contributed by atoms with van der Waals surface area (Å²) < 4.78 is 0. The molecule has 0 unspecified atom stereocenters. The van der Waals surface area contributed by atoms with Crippen LogP contribution in [-0.4, -0.2) is 22.9 Å². The van der Waals surface area contributed by atoms with Crippen LogP contribution < -0.4 is 10.6 Å². The fourth-order valence-electron chi connectivity index (χ4n) is 3.27. The summed E-state index contributed by atoms with van der Waals surface area (Å²) >= 11 is 0. The number of benzene rings is 3. The van der Waals surface area contributed by atoms with Crippen LogP contribution in [0, 0.1) is 0 Å². The molecule has 3 N–H and O–H groups in total. The highest BCUT2D eigenvalue weighted by molar-refractivity contribution is 6.08. The Kier molecular flexibility index (Phi) is 5.13. The summed E-state index contributed by atoms with van der Waals surface area (Å²) in [5, 5.41) is 15.0. The second-order valence-electron chi connectivity index (χ2n) is 6.91. The Morgan fingerprint density at radius 1 is 0.933 bits per heavy atom. The lowest BCUT2D eigenvalue weighted by Gasteiger charge is -2.10. The van der Waals surface area contributed by atoms with Crippen molar-refractivity contribution in [1.29, 1.82) is 0 Å². The smallest absolute Gasteiger partial charge is 0.337 e. The third-order valence-corrected chi connectivity index (χ3v) is 4.79. The summed E-state index contributed by atoms with van der Waals surface area (Å²) in [6, 6.07) is 19.1. The van der Waals surface area contributed by atoms with Gasteiger partial charge in [-0.15, -0.1) is 0 Å². The van der Waals surface area contributed by atoms with E-state index in [0.717, 1.165) is 22.4 Å². The van der Waals surface area contributed by atoms with Gasteiger partial charge in [-0.25, -0.2) is 4.79 Å². The molecule has 4 rings (SSSR count). The zero-order valence-corrected chi connectivity index (χ0v) is 15.9. The van der Waals surface area contributed by atoms with Gasteiger partial charge in [0, 0.05) is 11.3 Å². The minimum Gasteiger partial charge on any atom is -0.478 e. The molecule has 6 heteroatoms. The van der Waals surface area contributed by atoms with Crippen molar-refractivity contribution in [3.8, 4) is 0 Å². The summed E-state index contributed by atoms with van der Waals surface area (Å²) in [7, 11) is 0. The van der Waals surface area contributed by atoms with E-state index in [1.165, 1.54) is 6.07 Å². The van der Waals surface area contributed by atoms with Crippen LogP contribution in [0.3, 0.4) is 0 Å². The fraction of sp³-hybridized carbons (Fsp3) is 0.0417. The van der Waals surface area contributed by atoms with Crippen LogP contribution in [0.25, 0.3) is 12.2 Å². The molecule has 3 aromatic rings. The fourth-order valence-corrected chi connectivity index (χ4v) is 3.27. The summed E-state index contributed by atoms with van der Waals surface area (Å²) in [4.78, 5) is 35.5. The summed E-state index contributed by atoms with van der Waals surface area (Å²) in [6.07, 6.45) is 4.08. The number of nitrogens with one attached hydrogen (secondary N) is 2. The lowest BCUT2D eigenvalue weighted by Crippen LogP contribution is -2.14. The van der Waals surface area contributed by atoms with Crippen molar-refractivity contribution in [3.63, 3.8) is 0 Å². The van der Waals surface area contributed by atoms with Gasteiger partial charge in [0.1, 0.15) is 0 Å². The molecule has 0 aromatic heterocycles. The summed E-state index contributed by atoms with van der Waals surface area (Å²) in [5.74, 6) is -1.52. The number of amides is 2. The number of carbonyl (C=O) groups excluding carboxylic acids is 2. The number of hydrogen-bond donors (Lipinski definition) is 3. The number of carboxylic acid groups (broad SMARTS) is 1. The number of carbonyl (C=O) groups is 3. The first-order valence-electron chi connectivity index (χ1n) is 9.34. The summed E-state index contributed by atoms with van der Waals surface area (Å²) in [5.41, 5.74) is 4.07. The maximum absolute atomic E-state index is 12.5. The Balaban J connectivity index is 1.59. The van der Waals surface area contributed by atoms with E-state index in [1.807, 2.05) is 30.4 Å². The predicted octanol–water partition coefficient (Wildman–Crippen LogP) is 4.30. The quantitative estimate of drug-likeness (QED) is 0.558. The van der Waals surface area contributed by atoms with Gasteiger partial charge < -0.3 is 15.7 Å². The van der Waals surface area contributed by atoms with E-state index in [2.05, 4.69) is 10.6 Å². The lowest BCUT2D eigenvalue weighted by atomic mass is 10.1. The number of carboxylic acids is 1. The van der Waals surface area contributed by atoms with E-state index < -0.39 is 5.97 Å². The van der Waals surface area contributed by atoms with Crippen molar-refractivity contribution in [2.75, 3.05) is 10.6 Å². The Bertz CT molecular complexity index is 1180. The molecule has 1 heterocycles. The van der Waals surface area contributed by atoms with Gasteiger partial charge in [-0.3, -0.25) is 9.59 Å². The molecule has 1 aliphatic rings. The third-order valence-electron chi connectivity index (χ3n) is 4.79. The summed E-state index contributed by atoms with van der Waals surface area (Å²) in [6.45, 7) is 0. The Hall–Kier alpha value is -4.19. The lowest BCUT2D eigenvalue weighted by molar-refractivity contribution is -0.115. The van der Waals surface area contributed by atoms with Crippen molar-refractivity contribution >= 4 is 41.3 Å². The van der Waals surface area contributed by atoms with Crippen LogP contribution in [0.15, 0.2) is 66.7 Å². The largest absolute Gasteiger partial charge is 0.478 e. The number of anilines is 2. The molecule has 0 spiro atoms. The average Bonchev–Trinajstić information content (AvgIpc) is 3.12. The molecule has 0 fully saturated rings. The number of aromatic carboxylic acids is 1. The zero-order valence-electron chi connectivity index (χ0n) is 15.9. The molecule has 30 heavy (non-hydrogen) atoms. The topological polar surface area (TPSA) is 95.5 Å². The Morgan fingerprint density at radius 3 is 2.37 bits per heavy atom. The first kappa shape index (κ1) is 19.1. The molecule has 148 valence electrons. The normalized spacial score (nSPS) is 12.5. The van der Waals surface area contributed by atoms with Crippen molar-refractivity contribution in [1.82, 2.24) is 0 Å². The van der Waals surface area contributed by atoms with Crippen molar-refractivity contribution < 1.29 is 19.5 Å². The maximum Gasteiger partial charge on any atom is 0.337 e. The molecular formula is C24H18N2O4. The van der Waals surface area contributed by atoms with E-state index in [9.17, 15) is 19.5 Å². The zero-order chi connectivity index (χ0) is 21.1. The van der Waals surface area contributed by atoms with Crippen molar-refractivity contribution in [2.24, 2.45) is 0 Å². The molecule has 0 aliphatic carbocycles. The average molecular weight is 398 g/mol. The molecule has 2 amide bonds. The second kappa shape index (κ2) is 8.05. The van der Waals surface area contributed by atoms with Crippen LogP contribution >= 0.6 is 0 Å². The van der Waals surface area contributed by atoms with Crippen LogP contribution in [0.1, 0.15) is 37.4 Å². The molecule has 0 atom stereocenters. The van der Waals surface area contributed by atoms with Gasteiger partial charge in [-0.1, -0.05) is 48.6 Å². The second-order valence-corrected chi connectivity index (χ2v) is 6.91. The first-order valence-corrected chi connectivity index (χ1v) is 9.34. The highest BCUT2D eigenvalue weighted by Crippen LogP contribution is 2.25. The molecule has 0 saturated carbocycles. The van der Waals surface area contributed by atoms with Crippen molar-refractivity contribution in [3.05, 3.63) is 94.5 Å². The standard InChI is InChI=1S/C24H18N2O4/c27-22-14-18-10-8-15(12-20(18)25-22)6-7-16-9-11-19(24(29)30)21(13-16)26-23(28)17-4-2-1-3-5-17/h1-13H,14H2,(H,25,27)(H,26,28)(H,29,30)/b7-6+. The van der Waals surface area contributed by atoms with Gasteiger partial charge in [0.2, 0.25) is 5.91 Å². The highest BCUT2D eigenvalue weighted by Gasteiger charge is 2.17. The minimum atomic E-state index is -1.12. The van der Waals surface area contributed by atoms with Crippen molar-refractivity contribution in [2.45, 2.75) is 6.42 Å². The highest BCUT2D eigenvalue weighted by atomic mass is 16.4. The first-order chi connectivity index (χ1) is 14.5. The number of hydrogen-bond acceptors (Lipinski definition) is 3. The Morgan fingerprint density at radius 2 is 1.63 bits per heavy atom. The molecule has 3 aromatic carbocycles. The SMILES string of the molecule is O=C1Cc2ccc(/C=C/c3ccc(C(=O)O)c(NC(=O)c4ccccc4)c3)cc2N1. The van der Waals surface area contributed by atoms with Crippen LogP contribution in [0.4, 0.5) is 11.4 Å². The third kappa shape index (κ3) is 4.12. The monoisotopic (exact) mass is 398 g/mol. The van der Waals surface area contributed by atoms with E-state index in [1.54, 1.807) is 42.5 Å². The predicted molar refractivity (Wildman–Crippen MR) is 116 cm³/mol.